The van der Waals surface area contributed by atoms with Crippen LogP contribution in [-0.2, 0) is 9.59 Å². The molecule has 2 amide bonds. The number of hydrogen-bond acceptors (Lipinski definition) is 3. The van der Waals surface area contributed by atoms with Crippen molar-refractivity contribution in [2.75, 3.05) is 24.5 Å². The van der Waals surface area contributed by atoms with Crippen molar-refractivity contribution in [1.82, 2.24) is 14.9 Å². The maximum Gasteiger partial charge on any atom is 0.228 e. The third-order valence-corrected chi connectivity index (χ3v) is 6.94. The van der Waals surface area contributed by atoms with Crippen molar-refractivity contribution in [2.45, 2.75) is 39.0 Å². The third-order valence-electron chi connectivity index (χ3n) is 6.94. The predicted molar refractivity (Wildman–Crippen MR) is 121 cm³/mol. The van der Waals surface area contributed by atoms with Crippen LogP contribution in [0.25, 0.3) is 11.0 Å². The fraction of sp³-hybridized carbons (Fsp3) is 0.400. The molecule has 0 radical (unpaired) electrons. The average Bonchev–Trinajstić information content (AvgIpc) is 3.39. The lowest BCUT2D eigenvalue weighted by Gasteiger charge is -2.32. The van der Waals surface area contributed by atoms with Crippen LogP contribution in [0.2, 0.25) is 0 Å². The molecule has 1 unspecified atom stereocenters. The molecule has 2 saturated heterocycles. The molecule has 0 bridgehead atoms. The number of aryl methyl sites for hydroxylation is 1. The number of aromatic amines is 1. The Bertz CT molecular complexity index is 1110. The Balaban J connectivity index is 1.23. The van der Waals surface area contributed by atoms with E-state index in [0.717, 1.165) is 46.5 Å². The summed E-state index contributed by atoms with van der Waals surface area (Å²) in [4.78, 5) is 37.8. The molecule has 3 heterocycles. The fourth-order valence-corrected chi connectivity index (χ4v) is 4.93. The summed E-state index contributed by atoms with van der Waals surface area (Å²) in [5.74, 6) is 1.27. The van der Waals surface area contributed by atoms with E-state index in [2.05, 4.69) is 4.98 Å². The van der Waals surface area contributed by atoms with Crippen LogP contribution >= 0.6 is 0 Å². The highest BCUT2D eigenvalue weighted by molar-refractivity contribution is 6.01. The molecule has 2 aliphatic rings. The average molecular weight is 417 g/mol. The number of aromatic nitrogens is 2. The van der Waals surface area contributed by atoms with Gasteiger partial charge in [-0.1, -0.05) is 24.3 Å². The summed E-state index contributed by atoms with van der Waals surface area (Å²) in [5.41, 5.74) is 5.26. The van der Waals surface area contributed by atoms with Crippen molar-refractivity contribution in [2.24, 2.45) is 5.92 Å². The lowest BCUT2D eigenvalue weighted by Crippen LogP contribution is -2.42. The molecule has 160 valence electrons. The third kappa shape index (κ3) is 3.60. The lowest BCUT2D eigenvalue weighted by molar-refractivity contribution is -0.136. The smallest absolute Gasteiger partial charge is 0.228 e. The largest absolute Gasteiger partial charge is 0.342 e. The molecule has 6 nitrogen and oxygen atoms in total. The van der Waals surface area contributed by atoms with Gasteiger partial charge in [0.15, 0.2) is 0 Å². The normalized spacial score (nSPS) is 20.1. The fourth-order valence-electron chi connectivity index (χ4n) is 4.93. The van der Waals surface area contributed by atoms with Crippen molar-refractivity contribution in [1.29, 1.82) is 0 Å². The van der Waals surface area contributed by atoms with Crippen molar-refractivity contribution < 1.29 is 9.59 Å². The minimum Gasteiger partial charge on any atom is -0.342 e. The van der Waals surface area contributed by atoms with Gasteiger partial charge in [-0.3, -0.25) is 9.59 Å². The molecular formula is C25H28N4O2. The Morgan fingerprint density at radius 3 is 2.61 bits per heavy atom. The highest BCUT2D eigenvalue weighted by atomic mass is 16.2. The first kappa shape index (κ1) is 19.8. The van der Waals surface area contributed by atoms with Crippen molar-refractivity contribution in [3.05, 3.63) is 59.4 Å². The molecule has 0 aliphatic carbocycles. The number of carbonyl (C=O) groups is 2. The van der Waals surface area contributed by atoms with E-state index in [4.69, 9.17) is 4.98 Å². The van der Waals surface area contributed by atoms with Crippen molar-refractivity contribution in [3.8, 4) is 0 Å². The van der Waals surface area contributed by atoms with E-state index in [0.29, 0.717) is 32.0 Å². The van der Waals surface area contributed by atoms with Gasteiger partial charge >= 0.3 is 0 Å². The van der Waals surface area contributed by atoms with Gasteiger partial charge in [0, 0.05) is 37.7 Å². The topological polar surface area (TPSA) is 69.3 Å². The number of amides is 2. The number of nitrogens with zero attached hydrogens (tertiary/aromatic N) is 3. The Kier molecular flexibility index (Phi) is 5.00. The van der Waals surface area contributed by atoms with Crippen molar-refractivity contribution in [3.63, 3.8) is 0 Å². The molecule has 5 rings (SSSR count). The van der Waals surface area contributed by atoms with E-state index in [1.165, 1.54) is 0 Å². The van der Waals surface area contributed by atoms with Gasteiger partial charge in [-0.25, -0.2) is 4.98 Å². The number of benzene rings is 2. The van der Waals surface area contributed by atoms with Crippen molar-refractivity contribution >= 4 is 28.5 Å². The summed E-state index contributed by atoms with van der Waals surface area (Å²) in [6, 6.07) is 14.1. The number of piperidine rings is 1. The standard InChI is InChI=1S/C25H28N4O2/c1-16-6-5-9-22(17(16)2)29-15-19(14-23(29)30)25(31)28-12-10-18(11-13-28)24-26-20-7-3-4-8-21(20)27-24/h3-9,18-19H,10-15H2,1-2H3,(H,26,27). The quantitative estimate of drug-likeness (QED) is 0.703. The zero-order valence-electron chi connectivity index (χ0n) is 18.1. The number of imidazole rings is 1. The monoisotopic (exact) mass is 416 g/mol. The van der Waals surface area contributed by atoms with Gasteiger partial charge in [0.25, 0.3) is 0 Å². The van der Waals surface area contributed by atoms with Crippen LogP contribution in [0, 0.1) is 19.8 Å². The molecular weight excluding hydrogens is 388 g/mol. The van der Waals surface area contributed by atoms with E-state index < -0.39 is 0 Å². The predicted octanol–water partition coefficient (Wildman–Crippen LogP) is 3.94. The number of H-pyrrole nitrogens is 1. The van der Waals surface area contributed by atoms with Crippen LogP contribution in [0.3, 0.4) is 0 Å². The summed E-state index contributed by atoms with van der Waals surface area (Å²) in [6.45, 7) is 6.00. The number of rotatable bonds is 3. The Hall–Kier alpha value is -3.15. The van der Waals surface area contributed by atoms with Gasteiger partial charge in [-0.05, 0) is 56.0 Å². The molecule has 2 aliphatic heterocycles. The zero-order chi connectivity index (χ0) is 21.5. The SMILES string of the molecule is Cc1cccc(N2CC(C(=O)N3CCC(c4nc5ccccc5[nH]4)CC3)CC2=O)c1C. The Morgan fingerprint density at radius 1 is 1.06 bits per heavy atom. The number of fused-ring (bicyclic) bond motifs is 1. The van der Waals surface area contributed by atoms with Crippen LogP contribution in [0.4, 0.5) is 5.69 Å². The first-order valence-electron chi connectivity index (χ1n) is 11.1. The minimum absolute atomic E-state index is 0.0456. The van der Waals surface area contributed by atoms with Gasteiger partial charge in [0.05, 0.1) is 17.0 Å². The molecule has 1 N–H and O–H groups in total. The van der Waals surface area contributed by atoms with Gasteiger partial charge in [-0.15, -0.1) is 0 Å². The molecule has 2 aromatic carbocycles. The second-order valence-electron chi connectivity index (χ2n) is 8.86. The summed E-state index contributed by atoms with van der Waals surface area (Å²) in [5, 5.41) is 0. The van der Waals surface area contributed by atoms with E-state index in [1.807, 2.05) is 61.2 Å². The van der Waals surface area contributed by atoms with Gasteiger partial charge < -0.3 is 14.8 Å². The second-order valence-corrected chi connectivity index (χ2v) is 8.86. The molecule has 0 spiro atoms. The number of nitrogens with one attached hydrogen (secondary N) is 1. The van der Waals surface area contributed by atoms with Gasteiger partial charge in [0.1, 0.15) is 5.82 Å². The first-order valence-corrected chi connectivity index (χ1v) is 11.1. The number of anilines is 1. The molecule has 1 atom stereocenters. The second kappa shape index (κ2) is 7.84. The van der Waals surface area contributed by atoms with E-state index in [9.17, 15) is 9.59 Å². The molecule has 1 aromatic heterocycles. The number of carbonyl (C=O) groups excluding carboxylic acids is 2. The van der Waals surface area contributed by atoms with Crippen LogP contribution in [0.5, 0.6) is 0 Å². The number of likely N-dealkylation sites (tertiary alicyclic amines) is 1. The summed E-state index contributed by atoms with van der Waals surface area (Å²) in [7, 11) is 0. The van der Waals surface area contributed by atoms with Crippen LogP contribution in [0.15, 0.2) is 42.5 Å². The van der Waals surface area contributed by atoms with Crippen LogP contribution < -0.4 is 4.90 Å². The van der Waals surface area contributed by atoms with E-state index in [1.54, 1.807) is 4.90 Å². The maximum absolute atomic E-state index is 13.2. The molecule has 31 heavy (non-hydrogen) atoms. The van der Waals surface area contributed by atoms with E-state index >= 15 is 0 Å². The van der Waals surface area contributed by atoms with Gasteiger partial charge in [0.2, 0.25) is 11.8 Å². The number of hydrogen-bond donors (Lipinski definition) is 1. The highest BCUT2D eigenvalue weighted by Crippen LogP contribution is 2.32. The first-order chi connectivity index (χ1) is 15.0. The van der Waals surface area contributed by atoms with Crippen LogP contribution in [0.1, 0.15) is 42.1 Å². The molecule has 2 fully saturated rings. The molecule has 6 heteroatoms. The number of para-hydroxylation sites is 2. The summed E-state index contributed by atoms with van der Waals surface area (Å²) in [6.07, 6.45) is 2.09. The van der Waals surface area contributed by atoms with Gasteiger partial charge in [-0.2, -0.15) is 0 Å². The lowest BCUT2D eigenvalue weighted by atomic mass is 9.95. The summed E-state index contributed by atoms with van der Waals surface area (Å²) < 4.78 is 0. The Labute approximate surface area is 182 Å². The van der Waals surface area contributed by atoms with E-state index in [-0.39, 0.29) is 17.7 Å². The van der Waals surface area contributed by atoms with Crippen LogP contribution in [-0.4, -0.2) is 46.3 Å². The molecule has 0 saturated carbocycles. The maximum atomic E-state index is 13.2. The highest BCUT2D eigenvalue weighted by Gasteiger charge is 2.38. The Morgan fingerprint density at radius 2 is 1.84 bits per heavy atom. The molecule has 3 aromatic rings. The summed E-state index contributed by atoms with van der Waals surface area (Å²) >= 11 is 0. The zero-order valence-corrected chi connectivity index (χ0v) is 18.1. The minimum atomic E-state index is -0.254.